The van der Waals surface area contributed by atoms with Crippen molar-refractivity contribution in [3.63, 3.8) is 0 Å². The zero-order valence-electron chi connectivity index (χ0n) is 13.3. The summed E-state index contributed by atoms with van der Waals surface area (Å²) in [5, 5.41) is 0. The maximum absolute atomic E-state index is 6.32. The van der Waals surface area contributed by atoms with Gasteiger partial charge in [-0.15, -0.1) is 0 Å². The maximum atomic E-state index is 6.32. The fourth-order valence-electron chi connectivity index (χ4n) is 3.18. The smallest absolute Gasteiger partial charge is 0.0856 e. The van der Waals surface area contributed by atoms with Crippen LogP contribution in [0.2, 0.25) is 0 Å². The molecule has 20 heavy (non-hydrogen) atoms. The van der Waals surface area contributed by atoms with Gasteiger partial charge in [0, 0.05) is 6.54 Å². The topological polar surface area (TPSA) is 12.5 Å². The summed E-state index contributed by atoms with van der Waals surface area (Å²) < 4.78 is 6.32. The summed E-state index contributed by atoms with van der Waals surface area (Å²) in [5.74, 6) is 0.701. The van der Waals surface area contributed by atoms with Crippen LogP contribution in [0, 0.1) is 12.8 Å². The molecule has 0 aliphatic heterocycles. The highest BCUT2D eigenvalue weighted by Gasteiger charge is 2.26. The van der Waals surface area contributed by atoms with Crippen molar-refractivity contribution in [2.75, 3.05) is 27.2 Å². The van der Waals surface area contributed by atoms with Crippen LogP contribution in [0.3, 0.4) is 0 Å². The fraction of sp³-hybridized carbons (Fsp3) is 0.667. The zero-order chi connectivity index (χ0) is 14.4. The number of likely N-dealkylation sites (N-methyl/N-ethyl adjacent to an activating group) is 1. The van der Waals surface area contributed by atoms with E-state index in [1.807, 2.05) is 0 Å². The average molecular weight is 275 g/mol. The van der Waals surface area contributed by atoms with Gasteiger partial charge in [0.1, 0.15) is 0 Å². The van der Waals surface area contributed by atoms with Crippen molar-refractivity contribution < 1.29 is 4.74 Å². The summed E-state index contributed by atoms with van der Waals surface area (Å²) in [6.07, 6.45) is 7.06. The van der Waals surface area contributed by atoms with Crippen molar-refractivity contribution in [3.05, 3.63) is 35.4 Å². The second-order valence-electron chi connectivity index (χ2n) is 6.35. The molecule has 1 atom stereocenters. The third-order valence-electron chi connectivity index (χ3n) is 4.41. The van der Waals surface area contributed by atoms with Crippen LogP contribution in [0.1, 0.15) is 49.3 Å². The predicted molar refractivity (Wildman–Crippen MR) is 85.0 cm³/mol. The lowest BCUT2D eigenvalue weighted by Crippen LogP contribution is -2.24. The van der Waals surface area contributed by atoms with E-state index in [1.165, 1.54) is 43.2 Å². The second kappa shape index (κ2) is 7.80. The Bertz CT molecular complexity index is 396. The first-order valence-corrected chi connectivity index (χ1v) is 8.00. The standard InChI is InChI=1S/C18H29NO/c1-15-9-7-8-12-17(15)18(20-14-13-19(2)3)16-10-5-4-6-11-16/h7-9,12,16,18H,4-6,10-11,13-14H2,1-3H3/t18-/m1/s1. The van der Waals surface area contributed by atoms with E-state index in [2.05, 4.69) is 50.2 Å². The van der Waals surface area contributed by atoms with Crippen molar-refractivity contribution in [2.45, 2.75) is 45.1 Å². The second-order valence-corrected chi connectivity index (χ2v) is 6.35. The molecule has 0 bridgehead atoms. The van der Waals surface area contributed by atoms with E-state index in [0.29, 0.717) is 5.92 Å². The van der Waals surface area contributed by atoms with Gasteiger partial charge in [-0.25, -0.2) is 0 Å². The highest BCUT2D eigenvalue weighted by molar-refractivity contribution is 5.28. The molecule has 1 aromatic rings. The van der Waals surface area contributed by atoms with E-state index in [0.717, 1.165) is 13.2 Å². The van der Waals surface area contributed by atoms with E-state index >= 15 is 0 Å². The van der Waals surface area contributed by atoms with Gasteiger partial charge in [0.25, 0.3) is 0 Å². The molecule has 0 saturated heterocycles. The number of nitrogens with zero attached hydrogens (tertiary/aromatic N) is 1. The Morgan fingerprint density at radius 3 is 2.50 bits per heavy atom. The molecule has 0 aromatic heterocycles. The monoisotopic (exact) mass is 275 g/mol. The van der Waals surface area contributed by atoms with E-state index in [1.54, 1.807) is 0 Å². The lowest BCUT2D eigenvalue weighted by atomic mass is 9.81. The van der Waals surface area contributed by atoms with Crippen LogP contribution in [0.15, 0.2) is 24.3 Å². The minimum absolute atomic E-state index is 0.288. The number of ether oxygens (including phenoxy) is 1. The number of hydrogen-bond donors (Lipinski definition) is 0. The molecule has 0 heterocycles. The number of hydrogen-bond acceptors (Lipinski definition) is 2. The molecule has 1 aliphatic carbocycles. The molecule has 0 unspecified atom stereocenters. The summed E-state index contributed by atoms with van der Waals surface area (Å²) in [5.41, 5.74) is 2.77. The Labute approximate surface area is 124 Å². The molecule has 2 nitrogen and oxygen atoms in total. The Morgan fingerprint density at radius 1 is 1.15 bits per heavy atom. The van der Waals surface area contributed by atoms with Crippen molar-refractivity contribution >= 4 is 0 Å². The molecule has 1 aromatic carbocycles. The normalized spacial score (nSPS) is 18.4. The largest absolute Gasteiger partial charge is 0.372 e. The highest BCUT2D eigenvalue weighted by Crippen LogP contribution is 2.37. The van der Waals surface area contributed by atoms with Gasteiger partial charge in [0.15, 0.2) is 0 Å². The summed E-state index contributed by atoms with van der Waals surface area (Å²) in [4.78, 5) is 2.19. The number of aryl methyl sites for hydroxylation is 1. The van der Waals surface area contributed by atoms with Crippen LogP contribution >= 0.6 is 0 Å². The molecule has 0 spiro atoms. The molecule has 2 heteroatoms. The third kappa shape index (κ3) is 4.32. The van der Waals surface area contributed by atoms with E-state index in [9.17, 15) is 0 Å². The molecule has 0 N–H and O–H groups in total. The first-order valence-electron chi connectivity index (χ1n) is 8.00. The lowest BCUT2D eigenvalue weighted by Gasteiger charge is -2.32. The maximum Gasteiger partial charge on any atom is 0.0856 e. The van der Waals surface area contributed by atoms with Crippen molar-refractivity contribution in [1.29, 1.82) is 0 Å². The van der Waals surface area contributed by atoms with E-state index in [4.69, 9.17) is 4.74 Å². The lowest BCUT2D eigenvalue weighted by molar-refractivity contribution is -0.00724. The van der Waals surface area contributed by atoms with E-state index in [-0.39, 0.29) is 6.10 Å². The molecule has 1 aliphatic rings. The average Bonchev–Trinajstić information content (AvgIpc) is 2.45. The van der Waals surface area contributed by atoms with Gasteiger partial charge in [0.2, 0.25) is 0 Å². The molecule has 0 radical (unpaired) electrons. The summed E-state index contributed by atoms with van der Waals surface area (Å²) >= 11 is 0. The first-order chi connectivity index (χ1) is 9.68. The van der Waals surface area contributed by atoms with Gasteiger partial charge in [-0.3, -0.25) is 0 Å². The van der Waals surface area contributed by atoms with Gasteiger partial charge in [-0.05, 0) is 50.9 Å². The van der Waals surface area contributed by atoms with Gasteiger partial charge in [-0.2, -0.15) is 0 Å². The van der Waals surface area contributed by atoms with Crippen LogP contribution in [0.4, 0.5) is 0 Å². The van der Waals surface area contributed by atoms with Crippen molar-refractivity contribution in [1.82, 2.24) is 4.90 Å². The van der Waals surface area contributed by atoms with Crippen molar-refractivity contribution in [2.24, 2.45) is 5.92 Å². The Balaban J connectivity index is 2.08. The molecule has 1 saturated carbocycles. The van der Waals surface area contributed by atoms with Crippen LogP contribution in [0.5, 0.6) is 0 Å². The molecule has 1 fully saturated rings. The molecule has 0 amide bonds. The molecular weight excluding hydrogens is 246 g/mol. The van der Waals surface area contributed by atoms with Crippen LogP contribution in [0.25, 0.3) is 0 Å². The molecule has 112 valence electrons. The van der Waals surface area contributed by atoms with Crippen LogP contribution in [-0.2, 0) is 4.74 Å². The van der Waals surface area contributed by atoms with E-state index < -0.39 is 0 Å². The summed E-state index contributed by atoms with van der Waals surface area (Å²) in [7, 11) is 4.21. The van der Waals surface area contributed by atoms with Crippen LogP contribution in [-0.4, -0.2) is 32.1 Å². The third-order valence-corrected chi connectivity index (χ3v) is 4.41. The Hall–Kier alpha value is -0.860. The van der Waals surface area contributed by atoms with Crippen molar-refractivity contribution in [3.8, 4) is 0 Å². The summed E-state index contributed by atoms with van der Waals surface area (Å²) in [6, 6.07) is 8.73. The molecule has 2 rings (SSSR count). The van der Waals surface area contributed by atoms with Gasteiger partial charge >= 0.3 is 0 Å². The number of rotatable bonds is 6. The SMILES string of the molecule is Cc1ccccc1[C@H](OCCN(C)C)C1CCCCC1. The Morgan fingerprint density at radius 2 is 1.85 bits per heavy atom. The molecular formula is C18H29NO. The van der Waals surface area contributed by atoms with Gasteiger partial charge < -0.3 is 9.64 Å². The predicted octanol–water partition coefficient (Wildman–Crippen LogP) is 4.19. The highest BCUT2D eigenvalue weighted by atomic mass is 16.5. The quantitative estimate of drug-likeness (QED) is 0.771. The van der Waals surface area contributed by atoms with Crippen LogP contribution < -0.4 is 0 Å². The Kier molecular flexibility index (Phi) is 6.06. The summed E-state index contributed by atoms with van der Waals surface area (Å²) in [6.45, 7) is 4.03. The first kappa shape index (κ1) is 15.5. The minimum atomic E-state index is 0.288. The minimum Gasteiger partial charge on any atom is -0.372 e. The van der Waals surface area contributed by atoms with Gasteiger partial charge in [-0.1, -0.05) is 43.5 Å². The fourth-order valence-corrected chi connectivity index (χ4v) is 3.18. The van der Waals surface area contributed by atoms with Gasteiger partial charge in [0.05, 0.1) is 12.7 Å². The zero-order valence-corrected chi connectivity index (χ0v) is 13.3. The number of benzene rings is 1.